The number of thiocarbonyl (C=S) groups is 1. The van der Waals surface area contributed by atoms with E-state index in [1.807, 2.05) is 36.9 Å². The number of piperidine rings is 1. The van der Waals surface area contributed by atoms with E-state index < -0.39 is 17.5 Å². The van der Waals surface area contributed by atoms with Gasteiger partial charge in [0.1, 0.15) is 30.0 Å². The first-order chi connectivity index (χ1) is 28.2. The largest absolute Gasteiger partial charge is 0.492 e. The van der Waals surface area contributed by atoms with Crippen molar-refractivity contribution in [1.29, 1.82) is 10.5 Å². The Hall–Kier alpha value is -5.58. The van der Waals surface area contributed by atoms with Crippen molar-refractivity contribution in [3.8, 4) is 17.9 Å². The molecular formula is C43H46ClN9O5S. The van der Waals surface area contributed by atoms with E-state index in [4.69, 9.17) is 28.6 Å². The van der Waals surface area contributed by atoms with Gasteiger partial charge in [0.15, 0.2) is 5.11 Å². The molecule has 3 saturated heterocycles. The smallest absolute Gasteiger partial charge is 0.259 e. The SMILES string of the molecule is C[C@@H]1CN(CCOc2ccc(N3C(=S)N(c4ccc(C#N)c(Cl)c4)C(=O)C3(C)C)cc2C2CC2)C[C@H](C)N1CC(=O)Nc1cc(C#N)cc(NC2CCC(=O)NC2=O)c1. The summed E-state index contributed by atoms with van der Waals surface area (Å²) in [5.41, 5.74) is 3.01. The number of halogens is 1. The van der Waals surface area contributed by atoms with Crippen LogP contribution in [0, 0.1) is 22.7 Å². The van der Waals surface area contributed by atoms with Gasteiger partial charge in [0.2, 0.25) is 17.7 Å². The zero-order valence-electron chi connectivity index (χ0n) is 33.4. The Labute approximate surface area is 354 Å². The lowest BCUT2D eigenvalue weighted by Crippen LogP contribution is -2.58. The lowest BCUT2D eigenvalue weighted by molar-refractivity contribution is -0.133. The van der Waals surface area contributed by atoms with E-state index in [9.17, 15) is 29.7 Å². The van der Waals surface area contributed by atoms with Crippen molar-refractivity contribution in [2.75, 3.05) is 53.2 Å². The Morgan fingerprint density at radius 3 is 2.34 bits per heavy atom. The molecule has 0 radical (unpaired) electrons. The molecule has 14 nitrogen and oxygen atoms in total. The lowest BCUT2D eigenvalue weighted by Gasteiger charge is -2.44. The fourth-order valence-corrected chi connectivity index (χ4v) is 8.94. The number of ether oxygens (including phenoxy) is 1. The molecule has 3 aliphatic heterocycles. The van der Waals surface area contributed by atoms with Gasteiger partial charge in [-0.3, -0.25) is 39.2 Å². The minimum atomic E-state index is -0.973. The molecule has 4 amide bonds. The quantitative estimate of drug-likeness (QED) is 0.155. The molecule has 7 rings (SSSR count). The highest BCUT2D eigenvalue weighted by Gasteiger charge is 2.50. The molecule has 3 heterocycles. The molecule has 0 bridgehead atoms. The van der Waals surface area contributed by atoms with Gasteiger partial charge >= 0.3 is 0 Å². The van der Waals surface area contributed by atoms with Crippen LogP contribution >= 0.6 is 23.8 Å². The molecule has 306 valence electrons. The predicted octanol–water partition coefficient (Wildman–Crippen LogP) is 5.51. The van der Waals surface area contributed by atoms with Crippen LogP contribution in [0.15, 0.2) is 54.6 Å². The second-order valence-electron chi connectivity index (χ2n) is 16.2. The van der Waals surface area contributed by atoms with Crippen LogP contribution in [0.4, 0.5) is 22.7 Å². The third-order valence-corrected chi connectivity index (χ3v) is 12.0. The van der Waals surface area contributed by atoms with Gasteiger partial charge in [-0.25, -0.2) is 0 Å². The van der Waals surface area contributed by atoms with Crippen molar-refractivity contribution in [2.24, 2.45) is 0 Å². The van der Waals surface area contributed by atoms with Crippen molar-refractivity contribution < 1.29 is 23.9 Å². The summed E-state index contributed by atoms with van der Waals surface area (Å²) in [6.07, 6.45) is 2.66. The maximum absolute atomic E-state index is 13.8. The zero-order valence-corrected chi connectivity index (χ0v) is 35.0. The van der Waals surface area contributed by atoms with Gasteiger partial charge in [0.25, 0.3) is 5.91 Å². The number of nitrogens with one attached hydrogen (secondary N) is 3. The molecule has 4 fully saturated rings. The number of hydrogen-bond acceptors (Lipinski definition) is 11. The normalized spacial score (nSPS) is 22.1. The number of piperazine rings is 1. The van der Waals surface area contributed by atoms with E-state index in [2.05, 4.69) is 51.7 Å². The number of nitrogens with zero attached hydrogens (tertiary/aromatic N) is 6. The molecule has 4 aliphatic rings. The number of imide groups is 1. The summed E-state index contributed by atoms with van der Waals surface area (Å²) in [4.78, 5) is 58.8. The second-order valence-corrected chi connectivity index (χ2v) is 16.9. The number of carbonyl (C=O) groups is 4. The molecule has 59 heavy (non-hydrogen) atoms. The van der Waals surface area contributed by atoms with Gasteiger partial charge in [0, 0.05) is 55.2 Å². The summed E-state index contributed by atoms with van der Waals surface area (Å²) in [7, 11) is 0. The fraction of sp³-hybridized carbons (Fsp3) is 0.419. The number of anilines is 4. The van der Waals surface area contributed by atoms with Crippen molar-refractivity contribution in [3.05, 3.63) is 76.3 Å². The standard InChI is InChI=1S/C43H46ClN9O5S/c1-25-22-50(23-26(2)51(25)24-39(55)48-31-16-27(20-45)15-30(17-31)47-36-10-12-38(54)49-40(36)56)13-14-58-37-11-9-33(18-34(37)28-5-6-28)53-42(59)52(41(57)43(53,3)4)32-8-7-29(21-46)35(44)19-32/h7-9,11,15-19,25-26,28,36,47H,5-6,10,12-14,22-24H2,1-4H3,(H,48,55)(H,49,54,56)/t25-,26+,36?. The van der Waals surface area contributed by atoms with E-state index in [1.165, 1.54) is 4.90 Å². The highest BCUT2D eigenvalue weighted by molar-refractivity contribution is 7.81. The number of benzene rings is 3. The van der Waals surface area contributed by atoms with Crippen molar-refractivity contribution in [1.82, 2.24) is 15.1 Å². The predicted molar refractivity (Wildman–Crippen MR) is 228 cm³/mol. The van der Waals surface area contributed by atoms with E-state index >= 15 is 0 Å². The van der Waals surface area contributed by atoms with E-state index in [-0.39, 0.29) is 47.8 Å². The highest BCUT2D eigenvalue weighted by atomic mass is 35.5. The number of amides is 4. The van der Waals surface area contributed by atoms with Crippen LogP contribution in [0.25, 0.3) is 0 Å². The first-order valence-electron chi connectivity index (χ1n) is 19.7. The molecule has 3 aromatic carbocycles. The number of carbonyl (C=O) groups excluding carboxylic acids is 4. The summed E-state index contributed by atoms with van der Waals surface area (Å²) in [6.45, 7) is 10.7. The van der Waals surface area contributed by atoms with E-state index in [0.717, 1.165) is 42.9 Å². The molecule has 1 saturated carbocycles. The Morgan fingerprint density at radius 1 is 0.966 bits per heavy atom. The van der Waals surface area contributed by atoms with Crippen LogP contribution < -0.4 is 30.5 Å². The minimum Gasteiger partial charge on any atom is -0.492 e. The average Bonchev–Trinajstić information content (AvgIpc) is 4.01. The summed E-state index contributed by atoms with van der Waals surface area (Å²) in [5, 5.41) is 27.9. The summed E-state index contributed by atoms with van der Waals surface area (Å²) < 4.78 is 6.45. The first-order valence-corrected chi connectivity index (χ1v) is 20.5. The zero-order chi connectivity index (χ0) is 42.2. The van der Waals surface area contributed by atoms with Gasteiger partial charge in [-0.1, -0.05) is 11.6 Å². The number of hydrogen-bond donors (Lipinski definition) is 3. The Bertz CT molecular complexity index is 2290. The van der Waals surface area contributed by atoms with Gasteiger partial charge in [-0.2, -0.15) is 10.5 Å². The third-order valence-electron chi connectivity index (χ3n) is 11.4. The first kappa shape index (κ1) is 41.6. The summed E-state index contributed by atoms with van der Waals surface area (Å²) in [5.74, 6) is 0.0282. The molecule has 3 atom stereocenters. The van der Waals surface area contributed by atoms with Crippen LogP contribution in [0.5, 0.6) is 5.75 Å². The van der Waals surface area contributed by atoms with Crippen molar-refractivity contribution >= 4 is 75.3 Å². The average molecular weight is 836 g/mol. The fourth-order valence-electron chi connectivity index (χ4n) is 8.20. The molecule has 3 aromatic rings. The summed E-state index contributed by atoms with van der Waals surface area (Å²) >= 11 is 12.2. The van der Waals surface area contributed by atoms with Gasteiger partial charge in [-0.05, 0) is 125 Å². The molecular weight excluding hydrogens is 790 g/mol. The van der Waals surface area contributed by atoms with Crippen LogP contribution in [0.1, 0.15) is 76.0 Å². The van der Waals surface area contributed by atoms with E-state index in [1.54, 1.807) is 36.4 Å². The molecule has 1 aliphatic carbocycles. The maximum atomic E-state index is 13.8. The van der Waals surface area contributed by atoms with Gasteiger partial charge < -0.3 is 20.3 Å². The van der Waals surface area contributed by atoms with Crippen LogP contribution in [0.2, 0.25) is 5.02 Å². The summed E-state index contributed by atoms with van der Waals surface area (Å²) in [6, 6.07) is 19.4. The van der Waals surface area contributed by atoms with Gasteiger partial charge in [0.05, 0.1) is 34.5 Å². The van der Waals surface area contributed by atoms with Crippen LogP contribution in [-0.2, 0) is 19.2 Å². The van der Waals surface area contributed by atoms with Crippen molar-refractivity contribution in [2.45, 2.75) is 83.0 Å². The maximum Gasteiger partial charge on any atom is 0.259 e. The second kappa shape index (κ2) is 17.0. The minimum absolute atomic E-state index is 0.0799. The monoisotopic (exact) mass is 835 g/mol. The topological polar surface area (TPSA) is 174 Å². The van der Waals surface area contributed by atoms with Crippen molar-refractivity contribution in [3.63, 3.8) is 0 Å². The Balaban J connectivity index is 0.944. The van der Waals surface area contributed by atoms with Crippen LogP contribution in [-0.4, -0.2) is 95.0 Å². The molecule has 16 heteroatoms. The molecule has 0 spiro atoms. The molecule has 0 aromatic heterocycles. The number of nitriles is 2. The van der Waals surface area contributed by atoms with Gasteiger partial charge in [-0.15, -0.1) is 0 Å². The Morgan fingerprint density at radius 2 is 1.68 bits per heavy atom. The molecule has 3 N–H and O–H groups in total. The van der Waals surface area contributed by atoms with Crippen LogP contribution in [0.3, 0.4) is 0 Å². The highest BCUT2D eigenvalue weighted by Crippen LogP contribution is 2.47. The number of rotatable bonds is 12. The lowest BCUT2D eigenvalue weighted by atomic mass is 10.0. The molecule has 1 unspecified atom stereocenters. The third kappa shape index (κ3) is 8.89. The Kier molecular flexibility index (Phi) is 11.9. The van der Waals surface area contributed by atoms with E-state index in [0.29, 0.717) is 58.8 Å².